The third-order valence-electron chi connectivity index (χ3n) is 10.1. The zero-order valence-corrected chi connectivity index (χ0v) is 29.9. The number of likely N-dealkylation sites (tertiary alicyclic amines) is 2. The highest BCUT2D eigenvalue weighted by Gasteiger charge is 2.38. The van der Waals surface area contributed by atoms with Crippen molar-refractivity contribution in [1.82, 2.24) is 15.1 Å². The Labute approximate surface area is 301 Å². The monoisotopic (exact) mass is 709 g/mol. The second kappa shape index (κ2) is 18.0. The summed E-state index contributed by atoms with van der Waals surface area (Å²) in [7, 11) is 0. The number of carbonyl (C=O) groups excluding carboxylic acids is 3. The maximum atomic E-state index is 13.9. The molecular weight excluding hydrogens is 661 g/mol. The molecule has 49 heavy (non-hydrogen) atoms. The molecule has 3 aromatic rings. The number of ether oxygens (including phenoxy) is 1. The number of nitrogens with zero attached hydrogens (tertiary/aromatic N) is 2. The van der Waals surface area contributed by atoms with Gasteiger partial charge in [-0.05, 0) is 80.8 Å². The number of rotatable bonds is 13. The highest BCUT2D eigenvalue weighted by Crippen LogP contribution is 2.41. The van der Waals surface area contributed by atoms with Gasteiger partial charge in [-0.25, -0.2) is 0 Å². The van der Waals surface area contributed by atoms with Crippen molar-refractivity contribution in [1.29, 1.82) is 0 Å². The zero-order chi connectivity index (χ0) is 34.0. The molecule has 2 heterocycles. The first-order valence-electron chi connectivity index (χ1n) is 17.3. The van der Waals surface area contributed by atoms with E-state index < -0.39 is 17.0 Å². The van der Waals surface area contributed by atoms with Gasteiger partial charge >= 0.3 is 5.97 Å². The number of hydrogen-bond donors (Lipinski definition) is 2. The Morgan fingerprint density at radius 2 is 1.47 bits per heavy atom. The van der Waals surface area contributed by atoms with Crippen molar-refractivity contribution in [2.24, 2.45) is 0 Å². The Morgan fingerprint density at radius 1 is 0.898 bits per heavy atom. The van der Waals surface area contributed by atoms with Gasteiger partial charge in [-0.15, -0.1) is 12.4 Å². The molecule has 0 unspecified atom stereocenters. The molecule has 2 aliphatic heterocycles. The van der Waals surface area contributed by atoms with Crippen molar-refractivity contribution in [2.45, 2.75) is 75.3 Å². The van der Waals surface area contributed by atoms with E-state index in [2.05, 4.69) is 34.5 Å². The quantitative estimate of drug-likeness (QED) is 0.161. The molecule has 0 aliphatic carbocycles. The summed E-state index contributed by atoms with van der Waals surface area (Å²) < 4.78 is 4.93. The van der Waals surface area contributed by atoms with E-state index in [1.807, 2.05) is 60.7 Å². The second-order valence-electron chi connectivity index (χ2n) is 13.2. The molecule has 5 rings (SSSR count). The van der Waals surface area contributed by atoms with Gasteiger partial charge < -0.3 is 25.0 Å². The van der Waals surface area contributed by atoms with Gasteiger partial charge in [0.05, 0.1) is 12.2 Å². The number of esters is 1. The molecule has 0 spiro atoms. The van der Waals surface area contributed by atoms with Crippen LogP contribution in [-0.4, -0.2) is 78.1 Å². The third kappa shape index (κ3) is 10.1. The fourth-order valence-electron chi connectivity index (χ4n) is 7.34. The predicted molar refractivity (Wildman–Crippen MR) is 195 cm³/mol. The SMILES string of the molecule is CCOC(=O)CC(=O)N1CCC(NC(=O)CC(CCCN2CCC(O)(c3ccc(Cl)cc3)CC2)(c2ccccc2)c2ccccc2)CC1.Cl. The third-order valence-corrected chi connectivity index (χ3v) is 10.3. The molecule has 2 aliphatic rings. The first-order chi connectivity index (χ1) is 23.2. The average molecular weight is 711 g/mol. The second-order valence-corrected chi connectivity index (χ2v) is 13.6. The Morgan fingerprint density at radius 3 is 2.02 bits per heavy atom. The van der Waals surface area contributed by atoms with E-state index >= 15 is 0 Å². The Hall–Kier alpha value is -3.43. The number of benzene rings is 3. The summed E-state index contributed by atoms with van der Waals surface area (Å²) in [6.07, 6.45) is 4.33. The molecule has 2 amide bonds. The topological polar surface area (TPSA) is 99.2 Å². The number of carbonyl (C=O) groups is 3. The fourth-order valence-corrected chi connectivity index (χ4v) is 7.46. The van der Waals surface area contributed by atoms with Crippen molar-refractivity contribution >= 4 is 41.8 Å². The molecular formula is C39H49Cl2N3O5. The van der Waals surface area contributed by atoms with Crippen LogP contribution in [-0.2, 0) is 30.1 Å². The van der Waals surface area contributed by atoms with Crippen LogP contribution in [0.4, 0.5) is 0 Å². The lowest BCUT2D eigenvalue weighted by Gasteiger charge is -2.40. The van der Waals surface area contributed by atoms with E-state index in [1.54, 1.807) is 11.8 Å². The molecule has 3 aromatic carbocycles. The van der Waals surface area contributed by atoms with E-state index in [1.165, 1.54) is 0 Å². The lowest BCUT2D eigenvalue weighted by molar-refractivity contribution is -0.149. The van der Waals surface area contributed by atoms with Gasteiger partial charge in [0.15, 0.2) is 0 Å². The molecule has 0 bridgehead atoms. The van der Waals surface area contributed by atoms with Crippen molar-refractivity contribution in [3.8, 4) is 0 Å². The lowest BCUT2D eigenvalue weighted by atomic mass is 9.68. The van der Waals surface area contributed by atoms with Crippen LogP contribution >= 0.6 is 24.0 Å². The first kappa shape index (κ1) is 38.4. The van der Waals surface area contributed by atoms with Gasteiger partial charge in [0.2, 0.25) is 11.8 Å². The predicted octanol–water partition coefficient (Wildman–Crippen LogP) is 6.26. The maximum Gasteiger partial charge on any atom is 0.315 e. The minimum atomic E-state index is -0.846. The highest BCUT2D eigenvalue weighted by molar-refractivity contribution is 6.30. The largest absolute Gasteiger partial charge is 0.466 e. The van der Waals surface area contributed by atoms with Crippen molar-refractivity contribution < 1.29 is 24.2 Å². The summed E-state index contributed by atoms with van der Waals surface area (Å²) in [5, 5.41) is 15.3. The van der Waals surface area contributed by atoms with Gasteiger partial charge in [0, 0.05) is 49.1 Å². The number of piperidine rings is 2. The Bertz CT molecular complexity index is 1450. The smallest absolute Gasteiger partial charge is 0.315 e. The Balaban J connectivity index is 0.00000541. The minimum absolute atomic E-state index is 0. The van der Waals surface area contributed by atoms with Gasteiger partial charge in [-0.2, -0.15) is 0 Å². The summed E-state index contributed by atoms with van der Waals surface area (Å²) in [5.41, 5.74) is 1.77. The summed E-state index contributed by atoms with van der Waals surface area (Å²) in [6, 6.07) is 28.1. The summed E-state index contributed by atoms with van der Waals surface area (Å²) in [4.78, 5) is 42.3. The van der Waals surface area contributed by atoms with Crippen molar-refractivity contribution in [3.63, 3.8) is 0 Å². The molecule has 0 radical (unpaired) electrons. The number of hydrogen-bond acceptors (Lipinski definition) is 6. The van der Waals surface area contributed by atoms with Crippen molar-refractivity contribution in [3.05, 3.63) is 107 Å². The number of amides is 2. The van der Waals surface area contributed by atoms with Gasteiger partial charge in [-0.3, -0.25) is 14.4 Å². The molecule has 0 atom stereocenters. The van der Waals surface area contributed by atoms with E-state index in [4.69, 9.17) is 16.3 Å². The van der Waals surface area contributed by atoms with Crippen LogP contribution in [0.15, 0.2) is 84.9 Å². The van der Waals surface area contributed by atoms with Crippen molar-refractivity contribution in [2.75, 3.05) is 39.3 Å². The molecule has 2 N–H and O–H groups in total. The zero-order valence-electron chi connectivity index (χ0n) is 28.3. The molecule has 2 saturated heterocycles. The normalized spacial score (nSPS) is 16.8. The van der Waals surface area contributed by atoms with E-state index in [0.717, 1.165) is 49.2 Å². The maximum absolute atomic E-state index is 13.9. The first-order valence-corrected chi connectivity index (χ1v) is 17.6. The van der Waals surface area contributed by atoms with Crippen LogP contribution in [0, 0.1) is 0 Å². The summed E-state index contributed by atoms with van der Waals surface area (Å²) in [6.45, 7) is 5.43. The number of halogens is 2. The van der Waals surface area contributed by atoms with Crippen LogP contribution in [0.25, 0.3) is 0 Å². The van der Waals surface area contributed by atoms with E-state index in [9.17, 15) is 19.5 Å². The van der Waals surface area contributed by atoms with Gasteiger partial charge in [0.1, 0.15) is 6.42 Å². The number of nitrogens with one attached hydrogen (secondary N) is 1. The van der Waals surface area contributed by atoms with Crippen LogP contribution < -0.4 is 5.32 Å². The molecule has 0 aromatic heterocycles. The van der Waals surface area contributed by atoms with Crippen LogP contribution in [0.5, 0.6) is 0 Å². The lowest BCUT2D eigenvalue weighted by Crippen LogP contribution is -2.48. The minimum Gasteiger partial charge on any atom is -0.466 e. The summed E-state index contributed by atoms with van der Waals surface area (Å²) >= 11 is 6.08. The van der Waals surface area contributed by atoms with Crippen LogP contribution in [0.1, 0.15) is 75.0 Å². The molecule has 264 valence electrons. The standard InChI is InChI=1S/C39H48ClN3O5.ClH/c1-2-48-37(46)28-36(45)43-24-18-34(19-25-43)41-35(44)29-38(30-10-5-3-6-11-30,31-12-7-4-8-13-31)20-9-23-42-26-21-39(47,22-27-42)32-14-16-33(40)17-15-32;/h3-8,10-17,34,47H,2,9,18-29H2,1H3,(H,41,44);1H. The highest BCUT2D eigenvalue weighted by atomic mass is 35.5. The molecule has 2 fully saturated rings. The Kier molecular flexibility index (Phi) is 14.1. The van der Waals surface area contributed by atoms with Crippen LogP contribution in [0.2, 0.25) is 5.02 Å². The van der Waals surface area contributed by atoms with Gasteiger partial charge in [-0.1, -0.05) is 84.4 Å². The molecule has 8 nitrogen and oxygen atoms in total. The van der Waals surface area contributed by atoms with Crippen LogP contribution in [0.3, 0.4) is 0 Å². The molecule has 0 saturated carbocycles. The number of aliphatic hydroxyl groups is 1. The summed E-state index contributed by atoms with van der Waals surface area (Å²) in [5.74, 6) is -0.741. The fraction of sp³-hybridized carbons (Fsp3) is 0.462. The van der Waals surface area contributed by atoms with Gasteiger partial charge in [0.25, 0.3) is 0 Å². The average Bonchev–Trinajstić information content (AvgIpc) is 3.10. The molecule has 10 heteroatoms. The van der Waals surface area contributed by atoms with E-state index in [0.29, 0.717) is 50.2 Å². The van der Waals surface area contributed by atoms with E-state index in [-0.39, 0.29) is 43.3 Å².